The molecule has 0 radical (unpaired) electrons. The quantitative estimate of drug-likeness (QED) is 0.273. The number of ether oxygens (including phenoxy) is 2. The largest absolute Gasteiger partial charge is 0.497 e. The van der Waals surface area contributed by atoms with E-state index in [9.17, 15) is 13.2 Å². The molecule has 2 heterocycles. The lowest BCUT2D eigenvalue weighted by Gasteiger charge is -2.34. The van der Waals surface area contributed by atoms with Crippen molar-refractivity contribution in [3.05, 3.63) is 83.4 Å². The maximum absolute atomic E-state index is 13.6. The minimum absolute atomic E-state index is 0.0270. The summed E-state index contributed by atoms with van der Waals surface area (Å²) in [6, 6.07) is 18.7. The van der Waals surface area contributed by atoms with E-state index in [0.29, 0.717) is 44.2 Å². The van der Waals surface area contributed by atoms with Crippen LogP contribution in [0, 0.1) is 10.8 Å². The summed E-state index contributed by atoms with van der Waals surface area (Å²) in [7, 11) is -2.59. The third kappa shape index (κ3) is 6.43. The van der Waals surface area contributed by atoms with Crippen LogP contribution in [0.3, 0.4) is 0 Å². The number of piperidine rings is 1. The first-order valence-corrected chi connectivity index (χ1v) is 15.5. The van der Waals surface area contributed by atoms with Crippen LogP contribution >= 0.6 is 0 Å². The number of nitrogens with two attached hydrogens (primary N) is 1. The number of sulfonamides is 1. The first kappa shape index (κ1) is 29.9. The highest BCUT2D eigenvalue weighted by Gasteiger charge is 2.30. The molecule has 1 amide bonds. The standard InChI is InChI=1S/C31H36N6O5S/c1-21(38)37(25-6-3-22-13-16-36(31(33)34)20-24(22)19-25)43(39,40)29-11-9-27(10-12-29)42-28-14-17-35(18-15-28)30(32)23-4-7-26(41-2)8-5-23/h3-12,19,28,32H,13-18,20H2,1-2H3,(H3,33,34). The van der Waals surface area contributed by atoms with Crippen LogP contribution in [0.25, 0.3) is 0 Å². The molecule has 0 aromatic heterocycles. The highest BCUT2D eigenvalue weighted by atomic mass is 32.2. The zero-order valence-corrected chi connectivity index (χ0v) is 25.1. The Hall–Kier alpha value is -4.58. The van der Waals surface area contributed by atoms with E-state index >= 15 is 0 Å². The van der Waals surface area contributed by atoms with Crippen LogP contribution in [0.15, 0.2) is 71.6 Å². The highest BCUT2D eigenvalue weighted by molar-refractivity contribution is 7.93. The maximum atomic E-state index is 13.6. The molecule has 1 fully saturated rings. The minimum Gasteiger partial charge on any atom is -0.497 e. The zero-order valence-electron chi connectivity index (χ0n) is 24.2. The summed E-state index contributed by atoms with van der Waals surface area (Å²) in [6.07, 6.45) is 2.04. The zero-order chi connectivity index (χ0) is 30.7. The van der Waals surface area contributed by atoms with Crippen molar-refractivity contribution in [2.45, 2.75) is 43.7 Å². The molecule has 3 aromatic rings. The Bertz CT molecular complexity index is 1620. The molecule has 0 atom stereocenters. The van der Waals surface area contributed by atoms with Gasteiger partial charge >= 0.3 is 0 Å². The van der Waals surface area contributed by atoms with E-state index in [0.717, 1.165) is 39.6 Å². The number of anilines is 1. The van der Waals surface area contributed by atoms with Crippen molar-refractivity contribution in [3.8, 4) is 11.5 Å². The van der Waals surface area contributed by atoms with Gasteiger partial charge in [-0.1, -0.05) is 6.07 Å². The third-order valence-electron chi connectivity index (χ3n) is 7.85. The summed E-state index contributed by atoms with van der Waals surface area (Å²) in [5.74, 6) is 1.06. The molecule has 12 heteroatoms. The number of guanidine groups is 1. The molecule has 3 aromatic carbocycles. The number of nitrogens with one attached hydrogen (secondary N) is 2. The second-order valence-electron chi connectivity index (χ2n) is 10.7. The van der Waals surface area contributed by atoms with E-state index in [2.05, 4.69) is 0 Å². The smallest absolute Gasteiger partial charge is 0.270 e. The Morgan fingerprint density at radius 2 is 1.56 bits per heavy atom. The average molecular weight is 605 g/mol. The van der Waals surface area contributed by atoms with E-state index in [1.54, 1.807) is 36.3 Å². The first-order chi connectivity index (χ1) is 20.6. The van der Waals surface area contributed by atoms with Crippen LogP contribution in [0.4, 0.5) is 5.69 Å². The topological polar surface area (TPSA) is 153 Å². The summed E-state index contributed by atoms with van der Waals surface area (Å²) in [4.78, 5) is 16.4. The lowest BCUT2D eigenvalue weighted by molar-refractivity contribution is -0.115. The fraction of sp³-hybridized carbons (Fsp3) is 0.323. The van der Waals surface area contributed by atoms with Crippen LogP contribution in [-0.2, 0) is 27.8 Å². The molecule has 0 bridgehead atoms. The maximum Gasteiger partial charge on any atom is 0.270 e. The number of rotatable bonds is 7. The number of carbonyl (C=O) groups is 1. The Kier molecular flexibility index (Phi) is 8.58. The van der Waals surface area contributed by atoms with Gasteiger partial charge < -0.3 is 25.0 Å². The van der Waals surface area contributed by atoms with Gasteiger partial charge in [-0.25, -0.2) is 12.7 Å². The number of hydrogen-bond donors (Lipinski definition) is 3. The molecule has 0 spiro atoms. The van der Waals surface area contributed by atoms with E-state index < -0.39 is 15.9 Å². The number of amides is 1. The van der Waals surface area contributed by atoms with Gasteiger partial charge in [0.15, 0.2) is 5.96 Å². The molecule has 0 unspecified atom stereocenters. The van der Waals surface area contributed by atoms with E-state index in [1.165, 1.54) is 19.1 Å². The van der Waals surface area contributed by atoms with Crippen molar-refractivity contribution in [1.82, 2.24) is 9.80 Å². The van der Waals surface area contributed by atoms with Gasteiger partial charge in [0.05, 0.1) is 17.7 Å². The Labute approximate surface area is 251 Å². The fourth-order valence-corrected chi connectivity index (χ4v) is 6.90. The predicted octanol–water partition coefficient (Wildman–Crippen LogP) is 3.56. The third-order valence-corrected chi connectivity index (χ3v) is 9.67. The predicted molar refractivity (Wildman–Crippen MR) is 164 cm³/mol. The summed E-state index contributed by atoms with van der Waals surface area (Å²) in [6.45, 7) is 3.54. The second-order valence-corrected chi connectivity index (χ2v) is 12.4. The lowest BCUT2D eigenvalue weighted by Crippen LogP contribution is -2.41. The fourth-order valence-electron chi connectivity index (χ4n) is 5.48. The van der Waals surface area contributed by atoms with Crippen LogP contribution in [0.2, 0.25) is 0 Å². The van der Waals surface area contributed by atoms with E-state index in [4.69, 9.17) is 26.0 Å². The lowest BCUT2D eigenvalue weighted by atomic mass is 9.99. The number of likely N-dealkylation sites (tertiary alicyclic amines) is 1. The van der Waals surface area contributed by atoms with E-state index in [-0.39, 0.29) is 22.6 Å². The average Bonchev–Trinajstić information content (AvgIpc) is 3.00. The number of fused-ring (bicyclic) bond motifs is 1. The minimum atomic E-state index is -4.20. The number of hydrogen-bond acceptors (Lipinski definition) is 7. The van der Waals surface area contributed by atoms with Gasteiger partial charge in [0.25, 0.3) is 10.0 Å². The Morgan fingerprint density at radius 3 is 2.16 bits per heavy atom. The number of amidine groups is 1. The molecule has 2 aliphatic heterocycles. The van der Waals surface area contributed by atoms with Gasteiger partial charge in [0.2, 0.25) is 5.91 Å². The number of methoxy groups -OCH3 is 1. The normalized spacial score (nSPS) is 15.4. The van der Waals surface area contributed by atoms with Crippen molar-refractivity contribution in [2.75, 3.05) is 31.0 Å². The van der Waals surface area contributed by atoms with Gasteiger partial charge in [0.1, 0.15) is 23.4 Å². The van der Waals surface area contributed by atoms with Gasteiger partial charge in [-0.3, -0.25) is 15.6 Å². The van der Waals surface area contributed by atoms with Gasteiger partial charge in [0, 0.05) is 51.5 Å². The summed E-state index contributed by atoms with van der Waals surface area (Å²) in [5.41, 5.74) is 8.59. The molecule has 226 valence electrons. The van der Waals surface area contributed by atoms with Crippen LogP contribution in [0.1, 0.15) is 36.5 Å². The Balaban J connectivity index is 1.24. The van der Waals surface area contributed by atoms with Gasteiger partial charge in [-0.2, -0.15) is 0 Å². The van der Waals surface area contributed by atoms with Crippen molar-refractivity contribution >= 4 is 33.4 Å². The number of carbonyl (C=O) groups excluding carboxylic acids is 1. The van der Waals surface area contributed by atoms with Crippen molar-refractivity contribution in [2.24, 2.45) is 5.73 Å². The SMILES string of the molecule is COc1ccc(C(=N)N2CCC(Oc3ccc(S(=O)(=O)N(C(C)=O)c4ccc5c(c4)CN(C(=N)N)CC5)cc3)CC2)cc1. The van der Waals surface area contributed by atoms with Crippen molar-refractivity contribution < 1.29 is 22.7 Å². The number of nitrogens with zero attached hydrogens (tertiary/aromatic N) is 3. The van der Waals surface area contributed by atoms with Crippen molar-refractivity contribution in [3.63, 3.8) is 0 Å². The van der Waals surface area contributed by atoms with Crippen LogP contribution < -0.4 is 19.5 Å². The van der Waals surface area contributed by atoms with Crippen molar-refractivity contribution in [1.29, 1.82) is 10.8 Å². The molecule has 0 aliphatic carbocycles. The number of benzene rings is 3. The summed E-state index contributed by atoms with van der Waals surface area (Å²) in [5, 5.41) is 16.3. The molecule has 4 N–H and O–H groups in total. The van der Waals surface area contributed by atoms with Gasteiger partial charge in [-0.15, -0.1) is 0 Å². The monoisotopic (exact) mass is 604 g/mol. The molecular formula is C31H36N6O5S. The van der Waals surface area contributed by atoms with Crippen LogP contribution in [0.5, 0.6) is 11.5 Å². The first-order valence-electron chi connectivity index (χ1n) is 14.1. The Morgan fingerprint density at radius 1 is 0.907 bits per heavy atom. The molecule has 1 saturated heterocycles. The molecule has 5 rings (SSSR count). The molecular weight excluding hydrogens is 568 g/mol. The highest BCUT2D eigenvalue weighted by Crippen LogP contribution is 2.30. The molecule has 11 nitrogen and oxygen atoms in total. The molecule has 43 heavy (non-hydrogen) atoms. The second kappa shape index (κ2) is 12.3. The molecule has 2 aliphatic rings. The summed E-state index contributed by atoms with van der Waals surface area (Å²) >= 11 is 0. The molecule has 0 saturated carbocycles. The van der Waals surface area contributed by atoms with E-state index in [1.807, 2.05) is 35.2 Å². The van der Waals surface area contributed by atoms with Gasteiger partial charge in [-0.05, 0) is 78.2 Å². The summed E-state index contributed by atoms with van der Waals surface area (Å²) < 4.78 is 39.4. The van der Waals surface area contributed by atoms with Crippen LogP contribution in [-0.4, -0.2) is 68.8 Å².